The number of rotatable bonds is 12. The van der Waals surface area contributed by atoms with Crippen molar-refractivity contribution in [1.29, 1.82) is 0 Å². The van der Waals surface area contributed by atoms with Crippen LogP contribution in [0.1, 0.15) is 24.5 Å². The fraction of sp³-hybridized carbons (Fsp3) is 0.286. The molecule has 4 rings (SSSR count). The first-order valence-corrected chi connectivity index (χ1v) is 13.0. The second-order valence-electron chi connectivity index (χ2n) is 8.92. The Morgan fingerprint density at radius 1 is 0.895 bits per heavy atom. The number of fused-ring (bicyclic) bond motifs is 1. The maximum absolute atomic E-state index is 12.4. The van der Waals surface area contributed by atoms with Crippen LogP contribution in [0.2, 0.25) is 5.02 Å². The molecule has 0 saturated heterocycles. The highest BCUT2D eigenvalue weighted by molar-refractivity contribution is 6.30. The Balaban J connectivity index is 1.35. The van der Waals surface area contributed by atoms with E-state index in [-0.39, 0.29) is 11.8 Å². The Labute approximate surface area is 226 Å². The van der Waals surface area contributed by atoms with Gasteiger partial charge < -0.3 is 26.3 Å². The van der Waals surface area contributed by atoms with Crippen molar-refractivity contribution in [1.82, 2.24) is 25.6 Å². The minimum atomic E-state index is -0.0843. The van der Waals surface area contributed by atoms with Crippen molar-refractivity contribution in [2.45, 2.75) is 26.7 Å². The molecule has 2 aromatic heterocycles. The number of nitrogens with zero attached hydrogens (tertiary/aromatic N) is 2. The molecule has 0 saturated carbocycles. The summed E-state index contributed by atoms with van der Waals surface area (Å²) in [5.74, 6) is 1.79. The van der Waals surface area contributed by atoms with Crippen LogP contribution in [0.5, 0.6) is 0 Å². The van der Waals surface area contributed by atoms with Crippen molar-refractivity contribution in [3.05, 3.63) is 70.9 Å². The van der Waals surface area contributed by atoms with Gasteiger partial charge in [0.05, 0.1) is 0 Å². The van der Waals surface area contributed by atoms with Crippen LogP contribution in [0.4, 0.5) is 11.6 Å². The van der Waals surface area contributed by atoms with Gasteiger partial charge in [-0.05, 0) is 49.2 Å². The lowest BCUT2D eigenvalue weighted by molar-refractivity contribution is -0.121. The van der Waals surface area contributed by atoms with Crippen LogP contribution in [-0.4, -0.2) is 52.9 Å². The molecule has 0 spiro atoms. The third-order valence-electron chi connectivity index (χ3n) is 6.08. The SMILES string of the molecule is CC(=O)NCCNc1nc(-c2ccc(Cl)cc2)nc(NCCNC(=O)CCc2c[nH]c3ccccc23)c1C. The number of carbonyl (C=O) groups excluding carboxylic acids is 2. The Morgan fingerprint density at radius 2 is 1.55 bits per heavy atom. The average molecular weight is 534 g/mol. The summed E-state index contributed by atoms with van der Waals surface area (Å²) in [6, 6.07) is 15.4. The quantitative estimate of drug-likeness (QED) is 0.173. The molecule has 9 nitrogen and oxygen atoms in total. The highest BCUT2D eigenvalue weighted by atomic mass is 35.5. The van der Waals surface area contributed by atoms with Gasteiger partial charge in [0.2, 0.25) is 11.8 Å². The van der Waals surface area contributed by atoms with E-state index < -0.39 is 0 Å². The van der Waals surface area contributed by atoms with E-state index in [4.69, 9.17) is 16.6 Å². The van der Waals surface area contributed by atoms with Crippen molar-refractivity contribution < 1.29 is 9.59 Å². The molecular formula is C28H32ClN7O2. The number of aryl methyl sites for hydroxylation is 1. The number of benzene rings is 2. The van der Waals surface area contributed by atoms with Crippen LogP contribution in [0, 0.1) is 6.92 Å². The van der Waals surface area contributed by atoms with Crippen LogP contribution in [0.15, 0.2) is 54.7 Å². The molecule has 10 heteroatoms. The van der Waals surface area contributed by atoms with Crippen molar-refractivity contribution in [3.8, 4) is 11.4 Å². The first kappa shape index (κ1) is 26.9. The molecule has 0 atom stereocenters. The number of anilines is 2. The molecule has 2 aromatic carbocycles. The lowest BCUT2D eigenvalue weighted by Crippen LogP contribution is -2.29. The zero-order valence-electron chi connectivity index (χ0n) is 21.5. The van der Waals surface area contributed by atoms with Gasteiger partial charge in [-0.25, -0.2) is 9.97 Å². The van der Waals surface area contributed by atoms with Crippen LogP contribution < -0.4 is 21.3 Å². The number of aromatic nitrogens is 3. The van der Waals surface area contributed by atoms with Crippen LogP contribution in [0.25, 0.3) is 22.3 Å². The molecule has 0 bridgehead atoms. The summed E-state index contributed by atoms with van der Waals surface area (Å²) in [6.07, 6.45) is 3.06. The molecule has 0 radical (unpaired) electrons. The van der Waals surface area contributed by atoms with Gasteiger partial charge in [-0.3, -0.25) is 9.59 Å². The molecule has 0 aliphatic rings. The number of carbonyl (C=O) groups is 2. The minimum Gasteiger partial charge on any atom is -0.368 e. The summed E-state index contributed by atoms with van der Waals surface area (Å²) < 4.78 is 0. The molecule has 38 heavy (non-hydrogen) atoms. The molecule has 4 aromatic rings. The number of para-hydroxylation sites is 1. The predicted molar refractivity (Wildman–Crippen MR) is 153 cm³/mol. The predicted octanol–water partition coefficient (Wildman–Crippen LogP) is 4.30. The summed E-state index contributed by atoms with van der Waals surface area (Å²) in [5, 5.41) is 14.1. The summed E-state index contributed by atoms with van der Waals surface area (Å²) in [4.78, 5) is 36.3. The van der Waals surface area contributed by atoms with Gasteiger partial charge in [0.25, 0.3) is 0 Å². The van der Waals surface area contributed by atoms with Gasteiger partial charge in [-0.2, -0.15) is 0 Å². The van der Waals surface area contributed by atoms with E-state index in [1.807, 2.05) is 43.5 Å². The van der Waals surface area contributed by atoms with Crippen molar-refractivity contribution in [2.75, 3.05) is 36.8 Å². The zero-order chi connectivity index (χ0) is 26.9. The van der Waals surface area contributed by atoms with Gasteiger partial charge in [0, 0.05) is 72.8 Å². The zero-order valence-corrected chi connectivity index (χ0v) is 22.3. The van der Waals surface area contributed by atoms with E-state index >= 15 is 0 Å². The van der Waals surface area contributed by atoms with Crippen molar-refractivity contribution in [3.63, 3.8) is 0 Å². The molecule has 2 heterocycles. The van der Waals surface area contributed by atoms with E-state index in [1.165, 1.54) is 6.92 Å². The van der Waals surface area contributed by atoms with E-state index in [0.717, 1.165) is 27.6 Å². The maximum Gasteiger partial charge on any atom is 0.220 e. The first-order chi connectivity index (χ1) is 18.4. The van der Waals surface area contributed by atoms with Gasteiger partial charge in [0.1, 0.15) is 11.6 Å². The summed E-state index contributed by atoms with van der Waals surface area (Å²) in [6.45, 7) is 5.36. The van der Waals surface area contributed by atoms with Gasteiger partial charge in [-0.1, -0.05) is 29.8 Å². The first-order valence-electron chi connectivity index (χ1n) is 12.6. The fourth-order valence-corrected chi connectivity index (χ4v) is 4.19. The minimum absolute atomic E-state index is 0.00123. The number of hydrogen-bond acceptors (Lipinski definition) is 6. The van der Waals surface area contributed by atoms with Gasteiger partial charge in [-0.15, -0.1) is 0 Å². The molecule has 0 unspecified atom stereocenters. The third-order valence-corrected chi connectivity index (χ3v) is 6.33. The second kappa shape index (κ2) is 12.9. The largest absolute Gasteiger partial charge is 0.368 e. The standard InChI is InChI=1S/C28H32ClN7O2/c1-18-26(32-15-13-30-19(2)37)35-28(20-7-10-22(29)11-8-20)36-27(18)33-16-14-31-25(38)12-9-21-17-34-24-6-4-3-5-23(21)24/h3-8,10-11,17,34H,9,12-16H2,1-2H3,(H,30,37)(H,31,38)(H2,32,33,35,36). The van der Waals surface area contributed by atoms with Crippen LogP contribution in [0.3, 0.4) is 0 Å². The Bertz CT molecular complexity index is 1400. The highest BCUT2D eigenvalue weighted by Crippen LogP contribution is 2.26. The molecular weight excluding hydrogens is 502 g/mol. The Morgan fingerprint density at radius 3 is 2.24 bits per heavy atom. The van der Waals surface area contributed by atoms with Crippen LogP contribution in [-0.2, 0) is 16.0 Å². The molecule has 0 aliphatic heterocycles. The van der Waals surface area contributed by atoms with Gasteiger partial charge in [0.15, 0.2) is 5.82 Å². The lowest BCUT2D eigenvalue weighted by atomic mass is 10.1. The van der Waals surface area contributed by atoms with Crippen LogP contribution >= 0.6 is 11.6 Å². The number of halogens is 1. The van der Waals surface area contributed by atoms with Gasteiger partial charge >= 0.3 is 0 Å². The highest BCUT2D eigenvalue weighted by Gasteiger charge is 2.13. The second-order valence-corrected chi connectivity index (χ2v) is 9.36. The Hall–Kier alpha value is -4.11. The van der Waals surface area contributed by atoms with E-state index in [1.54, 1.807) is 12.1 Å². The number of aromatic amines is 1. The number of H-pyrrole nitrogens is 1. The lowest BCUT2D eigenvalue weighted by Gasteiger charge is -2.16. The molecule has 0 fully saturated rings. The smallest absolute Gasteiger partial charge is 0.220 e. The molecule has 198 valence electrons. The van der Waals surface area contributed by atoms with Crippen molar-refractivity contribution >= 4 is 46.0 Å². The van der Waals surface area contributed by atoms with E-state index in [0.29, 0.717) is 61.5 Å². The summed E-state index contributed by atoms with van der Waals surface area (Å²) in [5.41, 5.74) is 3.89. The molecule has 5 N–H and O–H groups in total. The van der Waals surface area contributed by atoms with Crippen molar-refractivity contribution in [2.24, 2.45) is 0 Å². The number of nitrogens with one attached hydrogen (secondary N) is 5. The average Bonchev–Trinajstić information content (AvgIpc) is 3.33. The van der Waals surface area contributed by atoms with E-state index in [9.17, 15) is 9.59 Å². The topological polar surface area (TPSA) is 124 Å². The third kappa shape index (κ3) is 7.23. The number of amides is 2. The monoisotopic (exact) mass is 533 g/mol. The Kier molecular flexibility index (Phi) is 9.16. The molecule has 2 amide bonds. The van der Waals surface area contributed by atoms with E-state index in [2.05, 4.69) is 37.3 Å². The normalized spacial score (nSPS) is 10.8. The molecule has 0 aliphatic carbocycles. The number of hydrogen-bond donors (Lipinski definition) is 5. The summed E-state index contributed by atoms with van der Waals surface area (Å²) in [7, 11) is 0. The maximum atomic E-state index is 12.4. The summed E-state index contributed by atoms with van der Waals surface area (Å²) >= 11 is 6.05. The fourth-order valence-electron chi connectivity index (χ4n) is 4.07.